The number of likely N-dealkylation sites (tertiary alicyclic amines) is 1. The van der Waals surface area contributed by atoms with Crippen LogP contribution in [0.4, 0.5) is 4.79 Å². The monoisotopic (exact) mass is 306 g/mol. The number of benzene rings is 1. The van der Waals surface area contributed by atoms with Crippen molar-refractivity contribution in [2.24, 2.45) is 5.92 Å². The standard InChI is InChI=1S/C17H26N2O3/c1-18(13-15-7-9-19(10-8-15)11-12-20)17(21)22-14-16-5-3-2-4-6-16/h2-6,15,20H,7-14H2,1H3. The molecule has 0 unspecified atom stereocenters. The first-order valence-corrected chi connectivity index (χ1v) is 7.94. The van der Waals surface area contributed by atoms with Gasteiger partial charge in [0.1, 0.15) is 6.61 Å². The maximum atomic E-state index is 12.0. The Hall–Kier alpha value is -1.59. The topological polar surface area (TPSA) is 53.0 Å². The zero-order chi connectivity index (χ0) is 15.8. The maximum absolute atomic E-state index is 12.0. The van der Waals surface area contributed by atoms with Crippen LogP contribution in [0.5, 0.6) is 0 Å². The zero-order valence-corrected chi connectivity index (χ0v) is 13.3. The van der Waals surface area contributed by atoms with Crippen LogP contribution in [-0.2, 0) is 11.3 Å². The second kappa shape index (κ2) is 8.76. The number of carbonyl (C=O) groups is 1. The van der Waals surface area contributed by atoms with E-state index in [0.29, 0.717) is 12.5 Å². The van der Waals surface area contributed by atoms with E-state index in [1.807, 2.05) is 30.3 Å². The second-order valence-electron chi connectivity index (χ2n) is 5.93. The number of carbonyl (C=O) groups excluding carboxylic acids is 1. The van der Waals surface area contributed by atoms with Crippen LogP contribution in [0.2, 0.25) is 0 Å². The van der Waals surface area contributed by atoms with E-state index in [0.717, 1.165) is 44.6 Å². The number of nitrogens with zero attached hydrogens (tertiary/aromatic N) is 2. The lowest BCUT2D eigenvalue weighted by Gasteiger charge is -2.33. The molecule has 1 aromatic rings. The molecule has 0 saturated carbocycles. The minimum Gasteiger partial charge on any atom is -0.445 e. The molecule has 1 aliphatic rings. The first-order chi connectivity index (χ1) is 10.7. The van der Waals surface area contributed by atoms with Gasteiger partial charge in [0.25, 0.3) is 0 Å². The van der Waals surface area contributed by atoms with Crippen molar-refractivity contribution in [2.45, 2.75) is 19.4 Å². The Morgan fingerprint density at radius 3 is 2.64 bits per heavy atom. The number of β-amino-alcohol motifs (C(OH)–C–C–N with tert-alkyl or cyclic N) is 1. The molecule has 0 radical (unpaired) electrons. The summed E-state index contributed by atoms with van der Waals surface area (Å²) in [4.78, 5) is 16.0. The van der Waals surface area contributed by atoms with Crippen LogP contribution in [0.15, 0.2) is 30.3 Å². The molecule has 0 aliphatic carbocycles. The summed E-state index contributed by atoms with van der Waals surface area (Å²) in [5.74, 6) is 0.518. The van der Waals surface area contributed by atoms with Crippen molar-refractivity contribution in [1.82, 2.24) is 9.80 Å². The maximum Gasteiger partial charge on any atom is 0.409 e. The third kappa shape index (κ3) is 5.31. The van der Waals surface area contributed by atoms with E-state index in [1.165, 1.54) is 0 Å². The molecule has 0 aromatic heterocycles. The zero-order valence-electron chi connectivity index (χ0n) is 13.3. The highest BCUT2D eigenvalue weighted by Crippen LogP contribution is 2.18. The lowest BCUT2D eigenvalue weighted by molar-refractivity contribution is 0.0886. The Morgan fingerprint density at radius 1 is 1.32 bits per heavy atom. The lowest BCUT2D eigenvalue weighted by atomic mass is 9.96. The molecule has 1 saturated heterocycles. The fraction of sp³-hybridized carbons (Fsp3) is 0.588. The van der Waals surface area contributed by atoms with Crippen LogP contribution in [0.3, 0.4) is 0 Å². The van der Waals surface area contributed by atoms with Gasteiger partial charge in [-0.25, -0.2) is 4.79 Å². The number of piperidine rings is 1. The highest BCUT2D eigenvalue weighted by molar-refractivity contribution is 5.67. The van der Waals surface area contributed by atoms with Crippen molar-refractivity contribution in [3.05, 3.63) is 35.9 Å². The van der Waals surface area contributed by atoms with E-state index >= 15 is 0 Å². The van der Waals surface area contributed by atoms with Gasteiger partial charge in [-0.05, 0) is 37.4 Å². The number of rotatable bonds is 6. The quantitative estimate of drug-likeness (QED) is 0.873. The molecule has 122 valence electrons. The molecule has 0 bridgehead atoms. The lowest BCUT2D eigenvalue weighted by Crippen LogP contribution is -2.40. The van der Waals surface area contributed by atoms with E-state index in [1.54, 1.807) is 11.9 Å². The highest BCUT2D eigenvalue weighted by Gasteiger charge is 2.22. The molecule has 1 amide bonds. The van der Waals surface area contributed by atoms with Gasteiger partial charge in [-0.1, -0.05) is 30.3 Å². The predicted molar refractivity (Wildman–Crippen MR) is 85.5 cm³/mol. The number of amides is 1. The third-order valence-electron chi connectivity index (χ3n) is 4.17. The Balaban J connectivity index is 1.68. The smallest absolute Gasteiger partial charge is 0.409 e. The van der Waals surface area contributed by atoms with E-state index in [9.17, 15) is 4.79 Å². The minimum atomic E-state index is -0.262. The van der Waals surface area contributed by atoms with Gasteiger partial charge >= 0.3 is 6.09 Å². The molecular weight excluding hydrogens is 280 g/mol. The van der Waals surface area contributed by atoms with Crippen molar-refractivity contribution in [1.29, 1.82) is 0 Å². The fourth-order valence-electron chi connectivity index (χ4n) is 2.83. The number of hydrogen-bond donors (Lipinski definition) is 1. The molecule has 1 fully saturated rings. The van der Waals surface area contributed by atoms with E-state index < -0.39 is 0 Å². The van der Waals surface area contributed by atoms with E-state index in [4.69, 9.17) is 9.84 Å². The van der Waals surface area contributed by atoms with Crippen LogP contribution >= 0.6 is 0 Å². The largest absolute Gasteiger partial charge is 0.445 e. The van der Waals surface area contributed by atoms with Crippen LogP contribution in [0.25, 0.3) is 0 Å². The van der Waals surface area contributed by atoms with Gasteiger partial charge < -0.3 is 19.6 Å². The van der Waals surface area contributed by atoms with Gasteiger partial charge in [-0.15, -0.1) is 0 Å². The average molecular weight is 306 g/mol. The Bertz CT molecular complexity index is 444. The van der Waals surface area contributed by atoms with Gasteiger partial charge in [0.2, 0.25) is 0 Å². The van der Waals surface area contributed by atoms with Crippen LogP contribution in [-0.4, -0.2) is 60.8 Å². The highest BCUT2D eigenvalue weighted by atomic mass is 16.6. The van der Waals surface area contributed by atoms with E-state index in [2.05, 4.69) is 4.90 Å². The van der Waals surface area contributed by atoms with Crippen LogP contribution in [0.1, 0.15) is 18.4 Å². The van der Waals surface area contributed by atoms with Crippen molar-refractivity contribution in [2.75, 3.05) is 39.8 Å². The van der Waals surface area contributed by atoms with E-state index in [-0.39, 0.29) is 12.7 Å². The molecule has 0 spiro atoms. The number of aliphatic hydroxyl groups is 1. The number of hydrogen-bond acceptors (Lipinski definition) is 4. The summed E-state index contributed by atoms with van der Waals surface area (Å²) in [7, 11) is 1.80. The van der Waals surface area contributed by atoms with Crippen molar-refractivity contribution < 1.29 is 14.6 Å². The van der Waals surface area contributed by atoms with Crippen LogP contribution < -0.4 is 0 Å². The molecule has 1 heterocycles. The summed E-state index contributed by atoms with van der Waals surface area (Å²) in [5, 5.41) is 8.94. The molecule has 1 aliphatic heterocycles. The van der Waals surface area contributed by atoms with Crippen molar-refractivity contribution in [3.63, 3.8) is 0 Å². The summed E-state index contributed by atoms with van der Waals surface area (Å²) < 4.78 is 5.33. The average Bonchev–Trinajstić information content (AvgIpc) is 2.55. The third-order valence-corrected chi connectivity index (χ3v) is 4.17. The first-order valence-electron chi connectivity index (χ1n) is 7.94. The molecular formula is C17H26N2O3. The molecule has 5 heteroatoms. The Morgan fingerprint density at radius 2 is 2.00 bits per heavy atom. The normalized spacial score (nSPS) is 16.5. The summed E-state index contributed by atoms with van der Waals surface area (Å²) in [6.45, 7) is 4.02. The summed E-state index contributed by atoms with van der Waals surface area (Å²) in [5.41, 5.74) is 1.00. The summed E-state index contributed by atoms with van der Waals surface area (Å²) >= 11 is 0. The summed E-state index contributed by atoms with van der Waals surface area (Å²) in [6.07, 6.45) is 1.87. The fourth-order valence-corrected chi connectivity index (χ4v) is 2.83. The van der Waals surface area contributed by atoms with Gasteiger partial charge in [-0.3, -0.25) is 0 Å². The molecule has 1 aromatic carbocycles. The van der Waals surface area contributed by atoms with Gasteiger partial charge in [0.15, 0.2) is 0 Å². The Kier molecular flexibility index (Phi) is 6.68. The predicted octanol–water partition coefficient (Wildman–Crippen LogP) is 1.96. The minimum absolute atomic E-state index is 0.219. The Labute approximate surface area is 132 Å². The van der Waals surface area contributed by atoms with Gasteiger partial charge in [0.05, 0.1) is 6.61 Å². The molecule has 1 N–H and O–H groups in total. The number of ether oxygens (including phenoxy) is 1. The number of aliphatic hydroxyl groups excluding tert-OH is 1. The van der Waals surface area contributed by atoms with Crippen molar-refractivity contribution >= 4 is 6.09 Å². The SMILES string of the molecule is CN(CC1CCN(CCO)CC1)C(=O)OCc1ccccc1. The molecule has 5 nitrogen and oxygen atoms in total. The summed E-state index contributed by atoms with van der Waals surface area (Å²) in [6, 6.07) is 9.72. The van der Waals surface area contributed by atoms with Gasteiger partial charge in [0, 0.05) is 20.1 Å². The van der Waals surface area contributed by atoms with Crippen LogP contribution in [0, 0.1) is 5.92 Å². The molecule has 22 heavy (non-hydrogen) atoms. The van der Waals surface area contributed by atoms with Gasteiger partial charge in [-0.2, -0.15) is 0 Å². The second-order valence-corrected chi connectivity index (χ2v) is 5.93. The van der Waals surface area contributed by atoms with Crippen molar-refractivity contribution in [3.8, 4) is 0 Å². The first kappa shape index (κ1) is 16.8. The molecule has 2 rings (SSSR count). The molecule has 0 atom stereocenters.